The first-order valence-electron chi connectivity index (χ1n) is 7.96. The Hall–Kier alpha value is -2.66. The Morgan fingerprint density at radius 3 is 2.52 bits per heavy atom. The Bertz CT molecular complexity index is 906. The van der Waals surface area contributed by atoms with E-state index in [2.05, 4.69) is 37.8 Å². The van der Waals surface area contributed by atoms with Crippen molar-refractivity contribution in [1.29, 1.82) is 0 Å². The molecule has 5 heteroatoms. The molecule has 0 saturated heterocycles. The normalized spacial score (nSPS) is 12.2. The maximum Gasteiger partial charge on any atom is 0.262 e. The minimum absolute atomic E-state index is 0.193. The van der Waals surface area contributed by atoms with Gasteiger partial charge in [0.1, 0.15) is 6.04 Å². The number of anilines is 1. The minimum atomic E-state index is -0.400. The van der Waals surface area contributed by atoms with Gasteiger partial charge in [0.05, 0.1) is 6.21 Å². The van der Waals surface area contributed by atoms with Gasteiger partial charge in [0.15, 0.2) is 0 Å². The van der Waals surface area contributed by atoms with Gasteiger partial charge in [-0.3, -0.25) is 4.79 Å². The molecule has 2 N–H and O–H groups in total. The Labute approximate surface area is 155 Å². The van der Waals surface area contributed by atoms with Crippen LogP contribution in [-0.2, 0) is 4.79 Å². The number of carbonyl (C=O) groups excluding carboxylic acids is 1. The van der Waals surface area contributed by atoms with Crippen molar-refractivity contribution >= 4 is 44.5 Å². The molecule has 0 aromatic heterocycles. The van der Waals surface area contributed by atoms with Crippen LogP contribution in [0.4, 0.5) is 5.69 Å². The molecular weight excluding hydrogens is 378 g/mol. The molecule has 0 aliphatic carbocycles. The van der Waals surface area contributed by atoms with Crippen molar-refractivity contribution in [3.8, 4) is 0 Å². The Morgan fingerprint density at radius 2 is 1.76 bits per heavy atom. The molecule has 0 fully saturated rings. The van der Waals surface area contributed by atoms with Gasteiger partial charge in [-0.2, -0.15) is 5.10 Å². The molecule has 0 saturated carbocycles. The van der Waals surface area contributed by atoms with Crippen molar-refractivity contribution in [1.82, 2.24) is 5.43 Å². The highest BCUT2D eigenvalue weighted by Gasteiger charge is 2.11. The maximum atomic E-state index is 12.2. The molecule has 1 atom stereocenters. The summed E-state index contributed by atoms with van der Waals surface area (Å²) in [5.74, 6) is -0.193. The summed E-state index contributed by atoms with van der Waals surface area (Å²) in [6, 6.07) is 21.4. The van der Waals surface area contributed by atoms with Crippen LogP contribution in [0, 0.1) is 0 Å². The molecule has 1 amide bonds. The third kappa shape index (κ3) is 4.67. The molecule has 0 bridgehead atoms. The first-order chi connectivity index (χ1) is 12.1. The maximum absolute atomic E-state index is 12.2. The van der Waals surface area contributed by atoms with Crippen molar-refractivity contribution in [2.75, 3.05) is 5.32 Å². The zero-order valence-electron chi connectivity index (χ0n) is 13.7. The topological polar surface area (TPSA) is 53.5 Å². The van der Waals surface area contributed by atoms with Gasteiger partial charge < -0.3 is 5.32 Å². The van der Waals surface area contributed by atoms with Crippen LogP contribution in [0.2, 0.25) is 0 Å². The van der Waals surface area contributed by atoms with E-state index in [-0.39, 0.29) is 5.91 Å². The van der Waals surface area contributed by atoms with Gasteiger partial charge in [0, 0.05) is 10.2 Å². The summed E-state index contributed by atoms with van der Waals surface area (Å²) >= 11 is 3.38. The highest BCUT2D eigenvalue weighted by atomic mass is 79.9. The van der Waals surface area contributed by atoms with Gasteiger partial charge in [-0.1, -0.05) is 58.4 Å². The lowest BCUT2D eigenvalue weighted by atomic mass is 10.1. The summed E-state index contributed by atoms with van der Waals surface area (Å²) in [6.45, 7) is 1.81. The van der Waals surface area contributed by atoms with Gasteiger partial charge in [-0.05, 0) is 47.5 Å². The molecule has 25 heavy (non-hydrogen) atoms. The summed E-state index contributed by atoms with van der Waals surface area (Å²) in [6.07, 6.45) is 1.62. The van der Waals surface area contributed by atoms with Crippen molar-refractivity contribution in [3.05, 3.63) is 76.8 Å². The predicted octanol–water partition coefficient (Wildman–Crippen LogP) is 4.55. The van der Waals surface area contributed by atoms with Gasteiger partial charge in [0.2, 0.25) is 0 Å². The fourth-order valence-corrected chi connectivity index (χ4v) is 2.68. The van der Waals surface area contributed by atoms with Crippen LogP contribution < -0.4 is 10.7 Å². The molecule has 1 unspecified atom stereocenters. The van der Waals surface area contributed by atoms with Gasteiger partial charge in [-0.25, -0.2) is 5.43 Å². The number of nitrogens with zero attached hydrogens (tertiary/aromatic N) is 1. The van der Waals surface area contributed by atoms with Crippen LogP contribution in [0.5, 0.6) is 0 Å². The van der Waals surface area contributed by atoms with E-state index in [1.54, 1.807) is 13.1 Å². The number of hydrogen-bond donors (Lipinski definition) is 2. The highest BCUT2D eigenvalue weighted by molar-refractivity contribution is 9.10. The second-order valence-corrected chi connectivity index (χ2v) is 6.63. The number of benzene rings is 3. The van der Waals surface area contributed by atoms with Crippen LogP contribution in [0.3, 0.4) is 0 Å². The molecule has 3 aromatic carbocycles. The molecule has 0 aliphatic rings. The standard InChI is InChI=1S/C20H18BrN3O/c1-14(20(25)24-22-13-15-6-9-18(21)10-7-15)23-19-11-8-16-4-2-3-5-17(16)12-19/h2-14,23H,1H3,(H,24,25). The van der Waals surface area contributed by atoms with Crippen LogP contribution in [0.1, 0.15) is 12.5 Å². The SMILES string of the molecule is CC(Nc1ccc2ccccc2c1)C(=O)NN=Cc1ccc(Br)cc1. The summed E-state index contributed by atoms with van der Waals surface area (Å²) < 4.78 is 1.00. The molecule has 0 heterocycles. The number of carbonyl (C=O) groups is 1. The Balaban J connectivity index is 1.58. The summed E-state index contributed by atoms with van der Waals surface area (Å²) in [4.78, 5) is 12.2. The molecule has 3 aromatic rings. The Kier molecular flexibility index (Phi) is 5.46. The van der Waals surface area contributed by atoms with Crippen molar-refractivity contribution in [3.63, 3.8) is 0 Å². The molecular formula is C20H18BrN3O. The monoisotopic (exact) mass is 395 g/mol. The fourth-order valence-electron chi connectivity index (χ4n) is 2.41. The van der Waals surface area contributed by atoms with Crippen molar-refractivity contribution < 1.29 is 4.79 Å². The first-order valence-corrected chi connectivity index (χ1v) is 8.75. The zero-order valence-corrected chi connectivity index (χ0v) is 15.3. The average molecular weight is 396 g/mol. The van der Waals surface area contributed by atoms with E-state index in [1.165, 1.54) is 5.39 Å². The third-order valence-corrected chi connectivity index (χ3v) is 4.31. The van der Waals surface area contributed by atoms with Crippen LogP contribution in [0.15, 0.2) is 76.3 Å². The lowest BCUT2D eigenvalue weighted by Gasteiger charge is -2.14. The number of hydrazone groups is 1. The Morgan fingerprint density at radius 1 is 1.04 bits per heavy atom. The second kappa shape index (κ2) is 7.94. The molecule has 4 nitrogen and oxygen atoms in total. The number of amides is 1. The van der Waals surface area contributed by atoms with Gasteiger partial charge in [0.25, 0.3) is 5.91 Å². The molecule has 0 aliphatic heterocycles. The van der Waals surface area contributed by atoms with Crippen LogP contribution in [0.25, 0.3) is 10.8 Å². The quantitative estimate of drug-likeness (QED) is 0.491. The number of nitrogens with one attached hydrogen (secondary N) is 2. The predicted molar refractivity (Wildman–Crippen MR) is 107 cm³/mol. The van der Waals surface area contributed by atoms with E-state index in [0.717, 1.165) is 21.1 Å². The number of rotatable bonds is 5. The lowest BCUT2D eigenvalue weighted by molar-refractivity contribution is -0.121. The number of hydrogen-bond acceptors (Lipinski definition) is 3. The van der Waals surface area contributed by atoms with Crippen LogP contribution in [-0.4, -0.2) is 18.2 Å². The smallest absolute Gasteiger partial charge is 0.262 e. The number of fused-ring (bicyclic) bond motifs is 1. The molecule has 0 spiro atoms. The van der Waals surface area contributed by atoms with Crippen molar-refractivity contribution in [2.45, 2.75) is 13.0 Å². The third-order valence-electron chi connectivity index (χ3n) is 3.78. The fraction of sp³-hybridized carbons (Fsp3) is 0.100. The van der Waals surface area contributed by atoms with E-state index in [0.29, 0.717) is 0 Å². The van der Waals surface area contributed by atoms with Gasteiger partial charge >= 0.3 is 0 Å². The summed E-state index contributed by atoms with van der Waals surface area (Å²) in [7, 11) is 0. The van der Waals surface area contributed by atoms with E-state index in [1.807, 2.05) is 60.7 Å². The highest BCUT2D eigenvalue weighted by Crippen LogP contribution is 2.19. The average Bonchev–Trinajstić information content (AvgIpc) is 2.63. The first kappa shape index (κ1) is 17.2. The van der Waals surface area contributed by atoms with E-state index < -0.39 is 6.04 Å². The van der Waals surface area contributed by atoms with Crippen molar-refractivity contribution in [2.24, 2.45) is 5.10 Å². The summed E-state index contributed by atoms with van der Waals surface area (Å²) in [5, 5.41) is 9.51. The van der Waals surface area contributed by atoms with Crippen LogP contribution >= 0.6 is 15.9 Å². The van der Waals surface area contributed by atoms with E-state index in [9.17, 15) is 4.79 Å². The van der Waals surface area contributed by atoms with E-state index >= 15 is 0 Å². The van der Waals surface area contributed by atoms with Gasteiger partial charge in [-0.15, -0.1) is 0 Å². The summed E-state index contributed by atoms with van der Waals surface area (Å²) in [5.41, 5.74) is 4.38. The number of halogens is 1. The largest absolute Gasteiger partial charge is 0.374 e. The molecule has 0 radical (unpaired) electrons. The molecule has 126 valence electrons. The van der Waals surface area contributed by atoms with E-state index in [4.69, 9.17) is 0 Å². The lowest BCUT2D eigenvalue weighted by Crippen LogP contribution is -2.34. The second-order valence-electron chi connectivity index (χ2n) is 5.71. The molecule has 3 rings (SSSR count). The minimum Gasteiger partial charge on any atom is -0.374 e. The zero-order chi connectivity index (χ0) is 17.6.